The first-order valence-electron chi connectivity index (χ1n) is 12.1. The minimum Gasteiger partial charge on any atom is -0.487 e. The van der Waals surface area contributed by atoms with Gasteiger partial charge >= 0.3 is 12.1 Å². The number of hydrogen-bond donors (Lipinski definition) is 1. The minimum absolute atomic E-state index is 0.0155. The topological polar surface area (TPSA) is 66.8 Å². The molecule has 5 nitrogen and oxygen atoms in total. The molecular formula is C29H27F4NO4. The molecule has 3 aromatic carbocycles. The van der Waals surface area contributed by atoms with Gasteiger partial charge < -0.3 is 14.7 Å². The number of halogens is 4. The SMILES string of the molecule is C[C@@]1(Cc2ccccc2F)Cc2cc(CCC(=O)N(CC(=O)O)Cc3cccc(C(F)(F)F)c3)ccc2O1. The van der Waals surface area contributed by atoms with Crippen LogP contribution in [0.2, 0.25) is 0 Å². The Morgan fingerprint density at radius 3 is 2.50 bits per heavy atom. The molecule has 9 heteroatoms. The van der Waals surface area contributed by atoms with Crippen molar-refractivity contribution in [1.82, 2.24) is 4.90 Å². The third-order valence-corrected chi connectivity index (χ3v) is 6.50. The van der Waals surface area contributed by atoms with Crippen molar-refractivity contribution in [2.45, 2.75) is 50.9 Å². The van der Waals surface area contributed by atoms with Gasteiger partial charge in [-0.1, -0.05) is 42.5 Å². The number of carbonyl (C=O) groups excluding carboxylic acids is 1. The van der Waals surface area contributed by atoms with Crippen LogP contribution in [0.3, 0.4) is 0 Å². The standard InChI is InChI=1S/C29H27F4NO4/c1-28(15-21-6-2-3-8-24(21)30)16-22-13-19(9-11-25(22)38-28)10-12-26(35)34(18-27(36)37)17-20-5-4-7-23(14-20)29(31,32)33/h2-9,11,13-14H,10,12,15-18H2,1H3,(H,36,37)/t28-/m1/s1. The molecule has 38 heavy (non-hydrogen) atoms. The van der Waals surface area contributed by atoms with Crippen LogP contribution in [0.25, 0.3) is 0 Å². The summed E-state index contributed by atoms with van der Waals surface area (Å²) in [4.78, 5) is 25.3. The highest BCUT2D eigenvalue weighted by Crippen LogP contribution is 2.38. The van der Waals surface area contributed by atoms with E-state index in [2.05, 4.69) is 0 Å². The molecule has 1 heterocycles. The normalized spacial score (nSPS) is 16.6. The summed E-state index contributed by atoms with van der Waals surface area (Å²) in [6.07, 6.45) is -3.30. The summed E-state index contributed by atoms with van der Waals surface area (Å²) in [6.45, 7) is 1.04. The average molecular weight is 530 g/mol. The van der Waals surface area contributed by atoms with Crippen molar-refractivity contribution in [3.8, 4) is 5.75 Å². The van der Waals surface area contributed by atoms with E-state index >= 15 is 0 Å². The molecule has 0 saturated carbocycles. The average Bonchev–Trinajstić information content (AvgIpc) is 3.18. The van der Waals surface area contributed by atoms with Crippen molar-refractivity contribution in [3.63, 3.8) is 0 Å². The highest BCUT2D eigenvalue weighted by Gasteiger charge is 2.36. The Kier molecular flexibility index (Phi) is 7.76. The quantitative estimate of drug-likeness (QED) is 0.355. The van der Waals surface area contributed by atoms with Crippen LogP contribution >= 0.6 is 0 Å². The Balaban J connectivity index is 1.41. The maximum Gasteiger partial charge on any atom is 0.416 e. The Bertz CT molecular complexity index is 1340. The van der Waals surface area contributed by atoms with Crippen molar-refractivity contribution in [3.05, 3.63) is 100 Å². The molecule has 1 N–H and O–H groups in total. The molecule has 1 aliphatic heterocycles. The highest BCUT2D eigenvalue weighted by atomic mass is 19.4. The maximum absolute atomic E-state index is 14.2. The Morgan fingerprint density at radius 1 is 1.03 bits per heavy atom. The van der Waals surface area contributed by atoms with Gasteiger partial charge in [0.2, 0.25) is 5.91 Å². The number of rotatable bonds is 9. The number of carboxylic acids is 1. The second-order valence-corrected chi connectivity index (χ2v) is 9.78. The molecule has 0 unspecified atom stereocenters. The van der Waals surface area contributed by atoms with Crippen LogP contribution in [-0.4, -0.2) is 34.0 Å². The van der Waals surface area contributed by atoms with Gasteiger partial charge in [-0.05, 0) is 59.9 Å². The van der Waals surface area contributed by atoms with Crippen molar-refractivity contribution in [2.75, 3.05) is 6.54 Å². The van der Waals surface area contributed by atoms with Gasteiger partial charge in [0.05, 0.1) is 5.56 Å². The zero-order valence-electron chi connectivity index (χ0n) is 20.7. The van der Waals surface area contributed by atoms with Crippen LogP contribution in [0.5, 0.6) is 5.75 Å². The number of aliphatic carboxylic acids is 1. The monoisotopic (exact) mass is 529 g/mol. The Labute approximate surface area is 217 Å². The maximum atomic E-state index is 14.2. The first-order valence-corrected chi connectivity index (χ1v) is 12.1. The number of nitrogens with zero attached hydrogens (tertiary/aromatic N) is 1. The Morgan fingerprint density at radius 2 is 1.79 bits per heavy atom. The van der Waals surface area contributed by atoms with Gasteiger partial charge in [0.15, 0.2) is 0 Å². The summed E-state index contributed by atoms with van der Waals surface area (Å²) in [5, 5.41) is 9.25. The summed E-state index contributed by atoms with van der Waals surface area (Å²) in [6, 6.07) is 16.6. The molecule has 1 amide bonds. The Hall–Kier alpha value is -3.88. The van der Waals surface area contributed by atoms with E-state index in [1.54, 1.807) is 24.3 Å². The molecule has 0 aromatic heterocycles. The number of carboxylic acid groups (broad SMARTS) is 1. The van der Waals surface area contributed by atoms with E-state index in [0.29, 0.717) is 30.6 Å². The van der Waals surface area contributed by atoms with Crippen LogP contribution in [0.1, 0.15) is 41.2 Å². The second-order valence-electron chi connectivity index (χ2n) is 9.78. The molecule has 1 aliphatic rings. The van der Waals surface area contributed by atoms with Crippen molar-refractivity contribution in [2.24, 2.45) is 0 Å². The molecule has 0 fully saturated rings. The lowest BCUT2D eigenvalue weighted by Gasteiger charge is -2.24. The van der Waals surface area contributed by atoms with Crippen LogP contribution in [0, 0.1) is 5.82 Å². The second kappa shape index (κ2) is 10.8. The van der Waals surface area contributed by atoms with E-state index in [-0.39, 0.29) is 24.3 Å². The van der Waals surface area contributed by atoms with Crippen LogP contribution < -0.4 is 4.74 Å². The predicted octanol–water partition coefficient (Wildman–Crippen LogP) is 5.83. The third-order valence-electron chi connectivity index (χ3n) is 6.50. The van der Waals surface area contributed by atoms with Crippen molar-refractivity contribution in [1.29, 1.82) is 0 Å². The lowest BCUT2D eigenvalue weighted by molar-refractivity contribution is -0.145. The highest BCUT2D eigenvalue weighted by molar-refractivity contribution is 5.81. The first-order chi connectivity index (χ1) is 17.9. The fraction of sp³-hybridized carbons (Fsp3) is 0.310. The van der Waals surface area contributed by atoms with E-state index in [9.17, 15) is 32.3 Å². The summed E-state index contributed by atoms with van der Waals surface area (Å²) in [5.74, 6) is -1.33. The zero-order chi connectivity index (χ0) is 27.5. The minimum atomic E-state index is -4.54. The van der Waals surface area contributed by atoms with Gasteiger partial charge in [0.1, 0.15) is 23.7 Å². The number of amides is 1. The van der Waals surface area contributed by atoms with Gasteiger partial charge in [0, 0.05) is 25.8 Å². The molecule has 0 bridgehead atoms. The van der Waals surface area contributed by atoms with E-state index in [0.717, 1.165) is 28.2 Å². The molecule has 200 valence electrons. The molecule has 0 aliphatic carbocycles. The van der Waals surface area contributed by atoms with E-state index < -0.39 is 35.8 Å². The molecule has 0 radical (unpaired) electrons. The molecule has 4 rings (SSSR count). The summed E-state index contributed by atoms with van der Waals surface area (Å²) in [5.41, 5.74) is 1.04. The number of benzene rings is 3. The van der Waals surface area contributed by atoms with Gasteiger partial charge in [-0.2, -0.15) is 13.2 Å². The van der Waals surface area contributed by atoms with Crippen molar-refractivity contribution >= 4 is 11.9 Å². The van der Waals surface area contributed by atoms with Gasteiger partial charge in [-0.25, -0.2) is 4.39 Å². The molecule has 0 saturated heterocycles. The lowest BCUT2D eigenvalue weighted by Crippen LogP contribution is -2.35. The van der Waals surface area contributed by atoms with Gasteiger partial charge in [0.25, 0.3) is 0 Å². The summed E-state index contributed by atoms with van der Waals surface area (Å²) < 4.78 is 59.4. The number of ether oxygens (including phenoxy) is 1. The summed E-state index contributed by atoms with van der Waals surface area (Å²) in [7, 11) is 0. The molecular weight excluding hydrogens is 502 g/mol. The van der Waals surface area contributed by atoms with Crippen LogP contribution in [-0.2, 0) is 41.6 Å². The summed E-state index contributed by atoms with van der Waals surface area (Å²) >= 11 is 0. The van der Waals surface area contributed by atoms with E-state index in [1.165, 1.54) is 18.2 Å². The van der Waals surface area contributed by atoms with Crippen molar-refractivity contribution < 1.29 is 37.0 Å². The number of alkyl halides is 3. The number of hydrogen-bond acceptors (Lipinski definition) is 3. The third kappa shape index (κ3) is 6.70. The molecule has 3 aromatic rings. The van der Waals surface area contributed by atoms with Crippen LogP contribution in [0.15, 0.2) is 66.7 Å². The fourth-order valence-corrected chi connectivity index (χ4v) is 4.74. The molecule has 0 spiro atoms. The number of fused-ring (bicyclic) bond motifs is 1. The van der Waals surface area contributed by atoms with Crippen LogP contribution in [0.4, 0.5) is 17.6 Å². The lowest BCUT2D eigenvalue weighted by atomic mass is 9.91. The largest absolute Gasteiger partial charge is 0.487 e. The smallest absolute Gasteiger partial charge is 0.416 e. The zero-order valence-corrected chi connectivity index (χ0v) is 20.7. The van der Waals surface area contributed by atoms with Gasteiger partial charge in [-0.15, -0.1) is 0 Å². The fourth-order valence-electron chi connectivity index (χ4n) is 4.74. The first kappa shape index (κ1) is 27.2. The van der Waals surface area contributed by atoms with Gasteiger partial charge in [-0.3, -0.25) is 9.59 Å². The van der Waals surface area contributed by atoms with E-state index in [4.69, 9.17) is 4.74 Å². The number of aryl methyl sites for hydroxylation is 1. The predicted molar refractivity (Wildman–Crippen MR) is 132 cm³/mol. The van der Waals surface area contributed by atoms with E-state index in [1.807, 2.05) is 19.1 Å². The molecule has 1 atom stereocenters. The number of carbonyl (C=O) groups is 2.